The largest absolute Gasteiger partial charge is 0.361 e. The van der Waals surface area contributed by atoms with Crippen molar-refractivity contribution >= 4 is 28.6 Å². The van der Waals surface area contributed by atoms with Crippen LogP contribution in [0.5, 0.6) is 0 Å². The van der Waals surface area contributed by atoms with Gasteiger partial charge in [0.2, 0.25) is 11.8 Å². The SMILES string of the molecule is O=C(NCCN1C(=O)[C@@H]2[C@H](C1=O)[C@H]1C=C[C@H]2C1)c1ccc2cc[nH]c2c1. The molecule has 1 saturated carbocycles. The lowest BCUT2D eigenvalue weighted by atomic mass is 9.85. The maximum Gasteiger partial charge on any atom is 0.251 e. The van der Waals surface area contributed by atoms with Gasteiger partial charge < -0.3 is 10.3 Å². The maximum atomic E-state index is 12.6. The first-order chi connectivity index (χ1) is 12.6. The fourth-order valence-corrected chi connectivity index (χ4v) is 4.76. The topological polar surface area (TPSA) is 82.3 Å². The Bertz CT molecular complexity index is 930. The number of benzene rings is 1. The number of rotatable bonds is 4. The number of likely N-dealkylation sites (tertiary alicyclic amines) is 1. The first-order valence-corrected chi connectivity index (χ1v) is 9.02. The smallest absolute Gasteiger partial charge is 0.251 e. The number of fused-ring (bicyclic) bond motifs is 6. The van der Waals surface area contributed by atoms with E-state index in [-0.39, 0.29) is 54.5 Å². The van der Waals surface area contributed by atoms with Crippen LogP contribution < -0.4 is 5.32 Å². The minimum atomic E-state index is -0.206. The van der Waals surface area contributed by atoms with Crippen molar-refractivity contribution in [2.24, 2.45) is 23.7 Å². The summed E-state index contributed by atoms with van der Waals surface area (Å²) in [6.07, 6.45) is 6.92. The zero-order chi connectivity index (χ0) is 17.8. The molecule has 2 aromatic rings. The number of carbonyl (C=O) groups is 3. The number of nitrogens with zero attached hydrogens (tertiary/aromatic N) is 1. The molecule has 3 aliphatic rings. The van der Waals surface area contributed by atoms with Crippen LogP contribution in [0.2, 0.25) is 0 Å². The van der Waals surface area contributed by atoms with Crippen molar-refractivity contribution in [3.63, 3.8) is 0 Å². The van der Waals surface area contributed by atoms with E-state index in [9.17, 15) is 14.4 Å². The molecule has 5 rings (SSSR count). The molecule has 1 saturated heterocycles. The Morgan fingerprint density at radius 1 is 1.12 bits per heavy atom. The number of aromatic amines is 1. The zero-order valence-electron chi connectivity index (χ0n) is 14.1. The van der Waals surface area contributed by atoms with E-state index in [1.165, 1.54) is 4.90 Å². The maximum absolute atomic E-state index is 12.6. The van der Waals surface area contributed by atoms with E-state index in [1.54, 1.807) is 12.1 Å². The fraction of sp³-hybridized carbons (Fsp3) is 0.350. The van der Waals surface area contributed by atoms with E-state index < -0.39 is 0 Å². The number of hydrogen-bond acceptors (Lipinski definition) is 3. The van der Waals surface area contributed by atoms with E-state index >= 15 is 0 Å². The predicted molar refractivity (Wildman–Crippen MR) is 95.1 cm³/mol. The normalized spacial score (nSPS) is 29.0. The molecule has 2 fully saturated rings. The van der Waals surface area contributed by atoms with E-state index in [1.807, 2.05) is 18.3 Å². The molecular formula is C20H19N3O3. The van der Waals surface area contributed by atoms with Crippen LogP contribution >= 0.6 is 0 Å². The third kappa shape index (κ3) is 2.14. The molecule has 2 heterocycles. The second-order valence-electron chi connectivity index (χ2n) is 7.36. The first-order valence-electron chi connectivity index (χ1n) is 9.02. The van der Waals surface area contributed by atoms with Crippen molar-refractivity contribution in [3.05, 3.63) is 48.2 Å². The third-order valence-electron chi connectivity index (χ3n) is 6.00. The summed E-state index contributed by atoms with van der Waals surface area (Å²) in [6, 6.07) is 7.40. The van der Waals surface area contributed by atoms with Crippen molar-refractivity contribution in [1.82, 2.24) is 15.2 Å². The quantitative estimate of drug-likeness (QED) is 0.651. The van der Waals surface area contributed by atoms with Gasteiger partial charge in [0, 0.05) is 30.4 Å². The molecule has 1 aromatic carbocycles. The summed E-state index contributed by atoms with van der Waals surface area (Å²) in [5.74, 6) is -0.269. The second-order valence-corrected chi connectivity index (χ2v) is 7.36. The molecule has 0 spiro atoms. The van der Waals surface area contributed by atoms with E-state index in [2.05, 4.69) is 22.5 Å². The van der Waals surface area contributed by atoms with Gasteiger partial charge in [-0.15, -0.1) is 0 Å². The van der Waals surface area contributed by atoms with E-state index in [0.717, 1.165) is 17.3 Å². The van der Waals surface area contributed by atoms with Gasteiger partial charge in [-0.05, 0) is 41.8 Å². The molecule has 0 radical (unpaired) electrons. The van der Waals surface area contributed by atoms with Crippen LogP contribution in [0.3, 0.4) is 0 Å². The van der Waals surface area contributed by atoms with Gasteiger partial charge in [-0.2, -0.15) is 0 Å². The fourth-order valence-electron chi connectivity index (χ4n) is 4.76. The first kappa shape index (κ1) is 15.4. The number of H-pyrrole nitrogens is 1. The minimum absolute atomic E-state index is 0.0705. The molecule has 3 amide bonds. The lowest BCUT2D eigenvalue weighted by Crippen LogP contribution is -2.39. The highest BCUT2D eigenvalue weighted by Crippen LogP contribution is 2.52. The molecule has 132 valence electrons. The van der Waals surface area contributed by atoms with Crippen molar-refractivity contribution < 1.29 is 14.4 Å². The Morgan fingerprint density at radius 2 is 1.85 bits per heavy atom. The van der Waals surface area contributed by atoms with Gasteiger partial charge in [0.25, 0.3) is 5.91 Å². The van der Waals surface area contributed by atoms with Gasteiger partial charge in [0.15, 0.2) is 0 Å². The molecule has 2 aliphatic carbocycles. The molecule has 2 bridgehead atoms. The average molecular weight is 349 g/mol. The summed E-state index contributed by atoms with van der Waals surface area (Å²) in [5.41, 5.74) is 1.46. The van der Waals surface area contributed by atoms with Crippen molar-refractivity contribution in [2.45, 2.75) is 6.42 Å². The lowest BCUT2D eigenvalue weighted by Gasteiger charge is -2.17. The van der Waals surface area contributed by atoms with Crippen molar-refractivity contribution in [2.75, 3.05) is 13.1 Å². The molecule has 6 heteroatoms. The Labute approximate surface area is 150 Å². The number of aromatic nitrogens is 1. The highest BCUT2D eigenvalue weighted by molar-refractivity contribution is 6.06. The number of imide groups is 1. The monoisotopic (exact) mass is 349 g/mol. The zero-order valence-corrected chi connectivity index (χ0v) is 14.1. The number of nitrogens with one attached hydrogen (secondary N) is 2. The van der Waals surface area contributed by atoms with Crippen LogP contribution in [0.25, 0.3) is 10.9 Å². The van der Waals surface area contributed by atoms with Crippen LogP contribution in [0, 0.1) is 23.7 Å². The number of carbonyl (C=O) groups excluding carboxylic acids is 3. The highest BCUT2D eigenvalue weighted by Gasteiger charge is 2.58. The summed E-state index contributed by atoms with van der Waals surface area (Å²) >= 11 is 0. The van der Waals surface area contributed by atoms with Crippen LogP contribution in [0.4, 0.5) is 0 Å². The standard InChI is InChI=1S/C20H19N3O3/c24-18(14-4-1-11-5-6-21-15(11)10-14)22-7-8-23-19(25)16-12-2-3-13(9-12)17(16)20(23)26/h1-6,10,12-13,16-17,21H,7-9H2,(H,22,24)/t12-,13-,16-,17+/m0/s1. The van der Waals surface area contributed by atoms with E-state index in [4.69, 9.17) is 0 Å². The number of allylic oxidation sites excluding steroid dienone is 2. The summed E-state index contributed by atoms with van der Waals surface area (Å²) in [5, 5.41) is 3.86. The highest BCUT2D eigenvalue weighted by atomic mass is 16.2. The van der Waals surface area contributed by atoms with Crippen LogP contribution in [0.15, 0.2) is 42.6 Å². The van der Waals surface area contributed by atoms with Gasteiger partial charge in [-0.3, -0.25) is 19.3 Å². The number of hydrogen-bond donors (Lipinski definition) is 2. The molecule has 4 atom stereocenters. The molecule has 0 unspecified atom stereocenters. The second kappa shape index (κ2) is 5.56. The van der Waals surface area contributed by atoms with Gasteiger partial charge in [-0.25, -0.2) is 0 Å². The van der Waals surface area contributed by atoms with Crippen molar-refractivity contribution in [3.8, 4) is 0 Å². The molecule has 2 N–H and O–H groups in total. The minimum Gasteiger partial charge on any atom is -0.361 e. The molecule has 26 heavy (non-hydrogen) atoms. The van der Waals surface area contributed by atoms with Crippen molar-refractivity contribution in [1.29, 1.82) is 0 Å². The Hall–Kier alpha value is -2.89. The van der Waals surface area contributed by atoms with Gasteiger partial charge in [0.05, 0.1) is 11.8 Å². The summed E-state index contributed by atoms with van der Waals surface area (Å²) in [4.78, 5) is 42.0. The molecule has 1 aromatic heterocycles. The van der Waals surface area contributed by atoms with Gasteiger partial charge in [-0.1, -0.05) is 18.2 Å². The third-order valence-corrected chi connectivity index (χ3v) is 6.00. The average Bonchev–Trinajstić information content (AvgIpc) is 3.40. The predicted octanol–water partition coefficient (Wildman–Crippen LogP) is 1.70. The Morgan fingerprint density at radius 3 is 2.58 bits per heavy atom. The lowest BCUT2D eigenvalue weighted by molar-refractivity contribution is -0.140. The Balaban J connectivity index is 1.22. The summed E-state index contributed by atoms with van der Waals surface area (Å²) < 4.78 is 0. The van der Waals surface area contributed by atoms with E-state index in [0.29, 0.717) is 5.56 Å². The summed E-state index contributed by atoms with van der Waals surface area (Å²) in [6.45, 7) is 0.502. The molecular weight excluding hydrogens is 330 g/mol. The summed E-state index contributed by atoms with van der Waals surface area (Å²) in [7, 11) is 0. The van der Waals surface area contributed by atoms with Gasteiger partial charge >= 0.3 is 0 Å². The molecule has 1 aliphatic heterocycles. The van der Waals surface area contributed by atoms with Crippen LogP contribution in [-0.4, -0.2) is 40.7 Å². The van der Waals surface area contributed by atoms with Crippen LogP contribution in [-0.2, 0) is 9.59 Å². The molecule has 6 nitrogen and oxygen atoms in total. The Kier molecular flexibility index (Phi) is 3.29. The van der Waals surface area contributed by atoms with Crippen LogP contribution in [0.1, 0.15) is 16.8 Å². The number of amides is 3. The van der Waals surface area contributed by atoms with Gasteiger partial charge in [0.1, 0.15) is 0 Å².